The Labute approximate surface area is 133 Å². The molecule has 0 bridgehead atoms. The highest BCUT2D eigenvalue weighted by molar-refractivity contribution is 8.29. The smallest absolute Gasteiger partial charge is 0.00609 e. The fourth-order valence-corrected chi connectivity index (χ4v) is 13.8. The first-order chi connectivity index (χ1) is 9.94. The molecule has 3 atom stereocenters. The summed E-state index contributed by atoms with van der Waals surface area (Å²) in [5.74, 6) is 0.838. The molecule has 117 valence electrons. The van der Waals surface area contributed by atoms with E-state index in [-0.39, 0.29) is 14.8 Å². The van der Waals surface area contributed by atoms with Crippen LogP contribution in [0.1, 0.15) is 58.9 Å². The van der Waals surface area contributed by atoms with E-state index in [1.165, 1.54) is 37.4 Å². The van der Waals surface area contributed by atoms with E-state index >= 15 is 0 Å². The average molecular weight is 321 g/mol. The zero-order chi connectivity index (χ0) is 15.5. The van der Waals surface area contributed by atoms with Crippen molar-refractivity contribution in [3.63, 3.8) is 0 Å². The molecule has 3 unspecified atom stereocenters. The van der Waals surface area contributed by atoms with Gasteiger partial charge in [-0.2, -0.15) is 0 Å². The lowest BCUT2D eigenvalue weighted by Crippen LogP contribution is -2.26. The van der Waals surface area contributed by atoms with Gasteiger partial charge in [-0.25, -0.2) is 0 Å². The monoisotopic (exact) mass is 321 g/mol. The van der Waals surface area contributed by atoms with Crippen molar-refractivity contribution < 1.29 is 0 Å². The lowest BCUT2D eigenvalue weighted by molar-refractivity contribution is 0.411. The minimum Gasteiger partial charge on any atom is -0.115 e. The molecule has 1 aromatic carbocycles. The van der Waals surface area contributed by atoms with E-state index in [1.54, 1.807) is 5.29 Å². The molecule has 1 heterocycles. The highest BCUT2D eigenvalue weighted by atomic mass is 32.1. The largest absolute Gasteiger partial charge is 0.115 e. The van der Waals surface area contributed by atoms with Crippen LogP contribution in [0.3, 0.4) is 0 Å². The van der Waals surface area contributed by atoms with Gasteiger partial charge >= 0.3 is 0 Å². The third-order valence-corrected chi connectivity index (χ3v) is 14.4. The standard InChI is InChI=1S/C19H31P2/c1-16-12-8-7-11-15-20(5)21(19(16,3)4)17(2)18-13-9-6-10-14-18/h6,9-10,13-14,16H,7-8,11-12,15H2,1-5H3. The molecule has 21 heavy (non-hydrogen) atoms. The fourth-order valence-electron chi connectivity index (χ4n) is 3.56. The molecule has 2 rings (SSSR count). The van der Waals surface area contributed by atoms with Crippen LogP contribution in [0.15, 0.2) is 30.3 Å². The van der Waals surface area contributed by atoms with Crippen molar-refractivity contribution in [3.8, 4) is 0 Å². The highest BCUT2D eigenvalue weighted by Gasteiger charge is 2.34. The minimum absolute atomic E-state index is 0.0323. The third-order valence-electron chi connectivity index (χ3n) is 5.22. The molecule has 1 aliphatic heterocycles. The van der Waals surface area contributed by atoms with Crippen molar-refractivity contribution in [2.75, 3.05) is 12.8 Å². The summed E-state index contributed by atoms with van der Waals surface area (Å²) >= 11 is 0. The molecule has 0 spiro atoms. The van der Waals surface area contributed by atoms with Gasteiger partial charge in [0.2, 0.25) is 0 Å². The first-order valence-electron chi connectivity index (χ1n) is 8.35. The van der Waals surface area contributed by atoms with Crippen molar-refractivity contribution >= 4 is 20.1 Å². The molecule has 2 heteroatoms. The van der Waals surface area contributed by atoms with Gasteiger partial charge in [-0.1, -0.05) is 71.6 Å². The molecule has 0 N–H and O–H groups in total. The number of benzene rings is 1. The number of hydrogen-bond acceptors (Lipinski definition) is 0. The first kappa shape index (κ1) is 17.2. The van der Waals surface area contributed by atoms with E-state index in [9.17, 15) is 0 Å². The van der Waals surface area contributed by atoms with Crippen LogP contribution in [0.5, 0.6) is 0 Å². The van der Waals surface area contributed by atoms with E-state index in [0.29, 0.717) is 5.16 Å². The maximum atomic E-state index is 2.58. The van der Waals surface area contributed by atoms with Crippen LogP contribution in [-0.4, -0.2) is 23.3 Å². The lowest BCUT2D eigenvalue weighted by Gasteiger charge is -2.39. The van der Waals surface area contributed by atoms with E-state index in [0.717, 1.165) is 5.92 Å². The van der Waals surface area contributed by atoms with Gasteiger partial charge in [0.15, 0.2) is 0 Å². The summed E-state index contributed by atoms with van der Waals surface area (Å²) in [5, 5.41) is 2.16. The van der Waals surface area contributed by atoms with Crippen LogP contribution in [0.25, 0.3) is 0 Å². The van der Waals surface area contributed by atoms with Gasteiger partial charge in [0.1, 0.15) is 0 Å². The van der Waals surface area contributed by atoms with E-state index in [1.807, 2.05) is 0 Å². The second-order valence-corrected chi connectivity index (χ2v) is 14.5. The maximum absolute atomic E-state index is 2.58. The molecule has 0 nitrogen and oxygen atoms in total. The molecule has 1 aliphatic rings. The average Bonchev–Trinajstić information content (AvgIpc) is 2.50. The Balaban J connectivity index is 2.51. The zero-order valence-electron chi connectivity index (χ0n) is 14.4. The van der Waals surface area contributed by atoms with Crippen LogP contribution in [0, 0.1) is 5.92 Å². The Kier molecular flexibility index (Phi) is 6.05. The Bertz CT molecular complexity index is 488. The van der Waals surface area contributed by atoms with Gasteiger partial charge in [-0.15, -0.1) is 7.23 Å². The summed E-state index contributed by atoms with van der Waals surface area (Å²) in [6.07, 6.45) is 7.21. The summed E-state index contributed by atoms with van der Waals surface area (Å²) in [4.78, 5) is 0. The van der Waals surface area contributed by atoms with E-state index in [4.69, 9.17) is 0 Å². The zero-order valence-corrected chi connectivity index (χ0v) is 16.2. The molecular weight excluding hydrogens is 290 g/mol. The summed E-state index contributed by atoms with van der Waals surface area (Å²) in [5.41, 5.74) is 1.48. The molecule has 1 fully saturated rings. The fraction of sp³-hybridized carbons (Fsp3) is 0.632. The lowest BCUT2D eigenvalue weighted by atomic mass is 9.91. The van der Waals surface area contributed by atoms with Gasteiger partial charge < -0.3 is 0 Å². The second-order valence-electron chi connectivity index (χ2n) is 7.05. The Morgan fingerprint density at radius 3 is 2.43 bits per heavy atom. The summed E-state index contributed by atoms with van der Waals surface area (Å²) < 4.78 is 0. The van der Waals surface area contributed by atoms with Gasteiger partial charge in [-0.3, -0.25) is 0 Å². The quantitative estimate of drug-likeness (QED) is 0.503. The van der Waals surface area contributed by atoms with Crippen molar-refractivity contribution in [3.05, 3.63) is 35.9 Å². The molecule has 1 radical (unpaired) electrons. The second kappa shape index (κ2) is 7.39. The van der Waals surface area contributed by atoms with Gasteiger partial charge in [0.25, 0.3) is 0 Å². The predicted octanol–water partition coefficient (Wildman–Crippen LogP) is 6.72. The number of hydrogen-bond donors (Lipinski definition) is 0. The Morgan fingerprint density at radius 1 is 1.10 bits per heavy atom. The summed E-state index contributed by atoms with van der Waals surface area (Å²) in [7, 11) is 0.102. The minimum atomic E-state index is -0.0323. The van der Waals surface area contributed by atoms with Gasteiger partial charge in [-0.05, 0) is 49.4 Å². The molecule has 0 amide bonds. The van der Waals surface area contributed by atoms with Crippen LogP contribution in [-0.2, 0) is 0 Å². The van der Waals surface area contributed by atoms with E-state index in [2.05, 4.69) is 64.7 Å². The molecule has 0 aromatic heterocycles. The van der Waals surface area contributed by atoms with Gasteiger partial charge in [0, 0.05) is 5.16 Å². The molecule has 0 saturated carbocycles. The molecule has 0 aliphatic carbocycles. The normalized spacial score (nSPS) is 29.2. The summed E-state index contributed by atoms with van der Waals surface area (Å²) in [6, 6.07) is 11.1. The summed E-state index contributed by atoms with van der Waals surface area (Å²) in [6.45, 7) is 12.6. The highest BCUT2D eigenvalue weighted by Crippen LogP contribution is 2.70. The SMILES string of the molecule is CC(c1ccccc1)=[P]1P(C)CCCCCC(C)C1(C)C. The third kappa shape index (κ3) is 3.97. The van der Waals surface area contributed by atoms with Crippen molar-refractivity contribution in [2.24, 2.45) is 5.92 Å². The first-order valence-corrected chi connectivity index (χ1v) is 12.4. The van der Waals surface area contributed by atoms with E-state index < -0.39 is 0 Å². The van der Waals surface area contributed by atoms with Crippen molar-refractivity contribution in [1.82, 2.24) is 0 Å². The maximum Gasteiger partial charge on any atom is 0.00609 e. The molecular formula is C19H31P2. The Morgan fingerprint density at radius 2 is 1.76 bits per heavy atom. The van der Waals surface area contributed by atoms with Crippen molar-refractivity contribution in [1.29, 1.82) is 0 Å². The van der Waals surface area contributed by atoms with Crippen LogP contribution in [0.4, 0.5) is 0 Å². The molecule has 1 aromatic rings. The Hall–Kier alpha value is -0.180. The van der Waals surface area contributed by atoms with Crippen LogP contribution < -0.4 is 0 Å². The van der Waals surface area contributed by atoms with Crippen molar-refractivity contribution in [2.45, 2.75) is 58.5 Å². The van der Waals surface area contributed by atoms with Crippen LogP contribution in [0.2, 0.25) is 0 Å². The predicted molar refractivity (Wildman–Crippen MR) is 103 cm³/mol. The molecule has 1 saturated heterocycles. The number of rotatable bonds is 1. The van der Waals surface area contributed by atoms with Crippen LogP contribution >= 0.6 is 14.8 Å². The van der Waals surface area contributed by atoms with Gasteiger partial charge in [0.05, 0.1) is 0 Å². The topological polar surface area (TPSA) is 0 Å².